The third kappa shape index (κ3) is 2.52. The van der Waals surface area contributed by atoms with Crippen LogP contribution in [0.5, 0.6) is 0 Å². The first-order valence-electron chi connectivity index (χ1n) is 10.9. The van der Waals surface area contributed by atoms with Gasteiger partial charge in [0.2, 0.25) is 0 Å². The van der Waals surface area contributed by atoms with E-state index in [0.29, 0.717) is 0 Å². The largest absolute Gasteiger partial charge is 0.367 e. The minimum atomic E-state index is -1.52. The van der Waals surface area contributed by atoms with Crippen LogP contribution in [0, 0.1) is 0 Å². The lowest BCUT2D eigenvalue weighted by Gasteiger charge is -2.36. The first kappa shape index (κ1) is 18.6. The van der Waals surface area contributed by atoms with Crippen LogP contribution in [0.15, 0.2) is 84.9 Å². The highest BCUT2D eigenvalue weighted by Gasteiger charge is 2.42. The summed E-state index contributed by atoms with van der Waals surface area (Å²) in [5.41, 5.74) is 11.0. The van der Waals surface area contributed by atoms with Crippen molar-refractivity contribution in [2.75, 3.05) is 0 Å². The Hall–Kier alpha value is -3.20. The fourth-order valence-corrected chi connectivity index (χ4v) is 5.71. The molecule has 0 heterocycles. The number of benzene rings is 4. The lowest BCUT2D eigenvalue weighted by atomic mass is 9.70. The quantitative estimate of drug-likeness (QED) is 0.385. The van der Waals surface area contributed by atoms with E-state index in [2.05, 4.69) is 84.9 Å². The maximum atomic E-state index is 10.8. The molecule has 0 aromatic heterocycles. The summed E-state index contributed by atoms with van der Waals surface area (Å²) >= 11 is 0. The molecule has 0 unspecified atom stereocenters. The number of hydrogen-bond acceptors (Lipinski definition) is 2. The van der Waals surface area contributed by atoms with Crippen LogP contribution >= 0.6 is 0 Å². The first-order chi connectivity index (χ1) is 15.1. The van der Waals surface area contributed by atoms with Gasteiger partial charge in [-0.3, -0.25) is 0 Å². The zero-order valence-corrected chi connectivity index (χ0v) is 17.5. The lowest BCUT2D eigenvalue weighted by molar-refractivity contribution is -0.0823. The van der Waals surface area contributed by atoms with Crippen molar-refractivity contribution in [3.8, 4) is 22.3 Å². The summed E-state index contributed by atoms with van der Waals surface area (Å²) in [6, 6.07) is 29.5. The first-order valence-corrected chi connectivity index (χ1v) is 10.9. The van der Waals surface area contributed by atoms with E-state index < -0.39 is 11.7 Å². The van der Waals surface area contributed by atoms with Gasteiger partial charge in [0.05, 0.1) is 5.41 Å². The molecule has 0 fully saturated rings. The van der Waals surface area contributed by atoms with E-state index in [-0.39, 0.29) is 0 Å². The summed E-state index contributed by atoms with van der Waals surface area (Å²) in [5.74, 6) is 0. The Morgan fingerprint density at radius 2 is 1.00 bits per heavy atom. The highest BCUT2D eigenvalue weighted by Crippen LogP contribution is 2.48. The van der Waals surface area contributed by atoms with Crippen LogP contribution in [0.25, 0.3) is 22.3 Å². The second-order valence-electron chi connectivity index (χ2n) is 8.91. The van der Waals surface area contributed by atoms with Crippen LogP contribution in [0.1, 0.15) is 40.3 Å². The number of fused-ring (bicyclic) bond motifs is 6. The van der Waals surface area contributed by atoms with Gasteiger partial charge in [0.1, 0.15) is 0 Å². The van der Waals surface area contributed by atoms with Crippen LogP contribution < -0.4 is 0 Å². The van der Waals surface area contributed by atoms with Gasteiger partial charge in [-0.1, -0.05) is 84.9 Å². The zero-order valence-electron chi connectivity index (χ0n) is 17.5. The average molecular weight is 405 g/mol. The molecule has 0 atom stereocenters. The third-order valence-corrected chi connectivity index (χ3v) is 7.34. The average Bonchev–Trinajstić information content (AvgIpc) is 3.36. The molecular weight excluding hydrogens is 380 g/mol. The topological polar surface area (TPSA) is 40.5 Å². The van der Waals surface area contributed by atoms with E-state index in [1.165, 1.54) is 44.5 Å². The molecule has 0 saturated heterocycles. The fraction of sp³-hybridized carbons (Fsp3) is 0.172. The summed E-state index contributed by atoms with van der Waals surface area (Å²) in [6.07, 6.45) is 0.122. The molecule has 152 valence electrons. The fourth-order valence-electron chi connectivity index (χ4n) is 5.71. The number of aliphatic hydroxyl groups is 2. The van der Waals surface area contributed by atoms with E-state index in [9.17, 15) is 10.2 Å². The molecule has 2 aliphatic rings. The second kappa shape index (κ2) is 6.65. The molecule has 0 bridgehead atoms. The summed E-state index contributed by atoms with van der Waals surface area (Å²) in [7, 11) is 0. The SMILES string of the molecule is CC(c1cccc2c1Cc1ccccc1-2)(c1cccc2c1Cc1ccccc1-2)C(O)O. The molecule has 4 aromatic carbocycles. The van der Waals surface area contributed by atoms with Crippen LogP contribution in [0.4, 0.5) is 0 Å². The van der Waals surface area contributed by atoms with Crippen LogP contribution in [0.2, 0.25) is 0 Å². The van der Waals surface area contributed by atoms with Gasteiger partial charge >= 0.3 is 0 Å². The van der Waals surface area contributed by atoms with Gasteiger partial charge in [-0.2, -0.15) is 0 Å². The Morgan fingerprint density at radius 3 is 1.45 bits per heavy atom. The Bertz CT molecular complexity index is 1240. The van der Waals surface area contributed by atoms with Crippen molar-refractivity contribution in [3.05, 3.63) is 118 Å². The smallest absolute Gasteiger partial charge is 0.165 e. The van der Waals surface area contributed by atoms with Gasteiger partial charge in [0, 0.05) is 0 Å². The zero-order chi connectivity index (χ0) is 21.2. The second-order valence-corrected chi connectivity index (χ2v) is 8.91. The summed E-state index contributed by atoms with van der Waals surface area (Å²) in [5, 5.41) is 21.7. The monoisotopic (exact) mass is 404 g/mol. The van der Waals surface area contributed by atoms with E-state index in [1.54, 1.807) is 0 Å². The molecule has 0 amide bonds. The van der Waals surface area contributed by atoms with Gasteiger partial charge in [-0.25, -0.2) is 0 Å². The van der Waals surface area contributed by atoms with E-state index >= 15 is 0 Å². The molecule has 2 aliphatic carbocycles. The highest BCUT2D eigenvalue weighted by atomic mass is 16.5. The lowest BCUT2D eigenvalue weighted by Crippen LogP contribution is -2.39. The van der Waals surface area contributed by atoms with Crippen LogP contribution in [-0.2, 0) is 18.3 Å². The predicted molar refractivity (Wildman–Crippen MR) is 124 cm³/mol. The van der Waals surface area contributed by atoms with Crippen molar-refractivity contribution in [3.63, 3.8) is 0 Å². The standard InChI is InChI=1S/C29H24O2/c1-29(28(30)31,26-14-6-12-22-20-10-4-2-8-18(20)16-24(22)26)27-15-7-13-23-21-11-5-3-9-19(21)17-25(23)27/h2-15,28,30-31H,16-17H2,1H3. The minimum absolute atomic E-state index is 0.819. The van der Waals surface area contributed by atoms with Crippen molar-refractivity contribution < 1.29 is 10.2 Å². The molecule has 0 aliphatic heterocycles. The summed E-state index contributed by atoms with van der Waals surface area (Å²) in [4.78, 5) is 0. The van der Waals surface area contributed by atoms with Crippen molar-refractivity contribution in [1.29, 1.82) is 0 Å². The molecule has 2 N–H and O–H groups in total. The number of aliphatic hydroxyl groups excluding tert-OH is 1. The van der Waals surface area contributed by atoms with Gasteiger partial charge in [0.15, 0.2) is 6.29 Å². The molecular formula is C29H24O2. The maximum Gasteiger partial charge on any atom is 0.165 e. The third-order valence-electron chi connectivity index (χ3n) is 7.34. The minimum Gasteiger partial charge on any atom is -0.367 e. The summed E-state index contributed by atoms with van der Waals surface area (Å²) in [6.45, 7) is 1.98. The van der Waals surface area contributed by atoms with E-state index in [4.69, 9.17) is 0 Å². The molecule has 0 saturated carbocycles. The van der Waals surface area contributed by atoms with Crippen LogP contribution in [0.3, 0.4) is 0 Å². The molecule has 0 spiro atoms. The summed E-state index contributed by atoms with van der Waals surface area (Å²) < 4.78 is 0. The molecule has 6 rings (SSSR count). The molecule has 4 aromatic rings. The van der Waals surface area contributed by atoms with Gasteiger partial charge < -0.3 is 10.2 Å². The van der Waals surface area contributed by atoms with E-state index in [1.807, 2.05) is 6.92 Å². The number of rotatable bonds is 3. The maximum absolute atomic E-state index is 10.8. The van der Waals surface area contributed by atoms with Gasteiger partial charge in [0.25, 0.3) is 0 Å². The Morgan fingerprint density at radius 1 is 0.581 bits per heavy atom. The van der Waals surface area contributed by atoms with Gasteiger partial charge in [-0.05, 0) is 75.4 Å². The van der Waals surface area contributed by atoms with Crippen molar-refractivity contribution in [1.82, 2.24) is 0 Å². The Labute approximate surface area is 182 Å². The van der Waals surface area contributed by atoms with Crippen LogP contribution in [-0.4, -0.2) is 16.5 Å². The van der Waals surface area contributed by atoms with Crippen molar-refractivity contribution in [2.45, 2.75) is 31.5 Å². The van der Waals surface area contributed by atoms with Crippen molar-refractivity contribution in [2.24, 2.45) is 0 Å². The van der Waals surface area contributed by atoms with Crippen molar-refractivity contribution >= 4 is 0 Å². The normalized spacial score (nSPS) is 13.7. The highest BCUT2D eigenvalue weighted by molar-refractivity contribution is 5.81. The Balaban J connectivity index is 1.58. The van der Waals surface area contributed by atoms with E-state index in [0.717, 1.165) is 24.0 Å². The van der Waals surface area contributed by atoms with Gasteiger partial charge in [-0.15, -0.1) is 0 Å². The molecule has 31 heavy (non-hydrogen) atoms. The molecule has 0 radical (unpaired) electrons. The molecule has 2 heteroatoms. The predicted octanol–water partition coefficient (Wildman–Crippen LogP) is 5.45. The number of hydrogen-bond donors (Lipinski definition) is 2. The molecule has 2 nitrogen and oxygen atoms in total. The Kier molecular flexibility index (Phi) is 3.98.